The highest BCUT2D eigenvalue weighted by Gasteiger charge is 2.54. The number of likely N-dealkylation sites (tertiary alicyclic amines) is 1. The number of carbonyl (C=O) groups excluding carboxylic acids is 2. The molecule has 2 atom stereocenters. The number of aliphatic hydroxyl groups is 1. The molecule has 0 saturated carbocycles. The third kappa shape index (κ3) is 2.03. The molecule has 3 rings (SSSR count). The largest absolute Gasteiger partial charge is 0.387 e. The minimum absolute atomic E-state index is 0.129. The van der Waals surface area contributed by atoms with Crippen LogP contribution in [0.5, 0.6) is 0 Å². The molecule has 2 amide bonds. The molecular weight excluding hydrogens is 315 g/mol. The first-order valence-electron chi connectivity index (χ1n) is 6.60. The van der Waals surface area contributed by atoms with E-state index in [1.54, 1.807) is 12.1 Å². The number of benzene rings is 1. The molecule has 2 aliphatic rings. The second-order valence-corrected chi connectivity index (χ2v) is 6.40. The van der Waals surface area contributed by atoms with Crippen LogP contribution in [0.15, 0.2) is 12.1 Å². The van der Waals surface area contributed by atoms with E-state index >= 15 is 0 Å². The summed E-state index contributed by atoms with van der Waals surface area (Å²) in [6.45, 7) is 1.55. The quantitative estimate of drug-likeness (QED) is 0.825. The van der Waals surface area contributed by atoms with Crippen molar-refractivity contribution < 1.29 is 14.7 Å². The Morgan fingerprint density at radius 1 is 1.48 bits per heavy atom. The maximum atomic E-state index is 12.5. The summed E-state index contributed by atoms with van der Waals surface area (Å²) in [6.07, 6.45) is 0.496. The summed E-state index contributed by atoms with van der Waals surface area (Å²) < 4.78 is 0. The van der Waals surface area contributed by atoms with Gasteiger partial charge >= 0.3 is 0 Å². The molecule has 0 radical (unpaired) electrons. The molecule has 0 aromatic heterocycles. The molecule has 2 heterocycles. The molecule has 5 nitrogen and oxygen atoms in total. The molecule has 1 fully saturated rings. The average Bonchev–Trinajstić information content (AvgIpc) is 2.91. The van der Waals surface area contributed by atoms with Crippen LogP contribution in [0.2, 0.25) is 10.0 Å². The normalized spacial score (nSPS) is 27.1. The molecular formula is C14H14Cl2N2O3. The Bertz CT molecular complexity index is 649. The summed E-state index contributed by atoms with van der Waals surface area (Å²) in [6, 6.07) is 3.19. The summed E-state index contributed by atoms with van der Waals surface area (Å²) in [5.74, 6) is -0.531. The van der Waals surface area contributed by atoms with Gasteiger partial charge in [0.05, 0.1) is 15.5 Å². The number of nitrogens with one attached hydrogen (secondary N) is 1. The van der Waals surface area contributed by atoms with E-state index in [9.17, 15) is 9.59 Å². The molecule has 2 aliphatic heterocycles. The number of hydrogen-bond acceptors (Lipinski definition) is 3. The molecule has 21 heavy (non-hydrogen) atoms. The van der Waals surface area contributed by atoms with Crippen molar-refractivity contribution in [3.8, 4) is 0 Å². The Hall–Kier alpha value is -1.30. The van der Waals surface area contributed by atoms with Gasteiger partial charge in [-0.1, -0.05) is 23.2 Å². The maximum Gasteiger partial charge on any atom is 0.248 e. The number of hydrogen-bond donors (Lipinski definition) is 2. The number of rotatable bonds is 1. The van der Waals surface area contributed by atoms with Crippen molar-refractivity contribution in [2.24, 2.45) is 0 Å². The summed E-state index contributed by atoms with van der Waals surface area (Å²) in [5.41, 5.74) is 0.593. The maximum absolute atomic E-state index is 12.5. The molecule has 2 N–H and O–H groups in total. The smallest absolute Gasteiger partial charge is 0.248 e. The fourth-order valence-corrected chi connectivity index (χ4v) is 3.65. The van der Waals surface area contributed by atoms with Gasteiger partial charge in [0.25, 0.3) is 0 Å². The lowest BCUT2D eigenvalue weighted by molar-refractivity contribution is -0.135. The average molecular weight is 329 g/mol. The third-order valence-electron chi connectivity index (χ3n) is 4.33. The van der Waals surface area contributed by atoms with Crippen LogP contribution in [0.1, 0.15) is 18.9 Å². The fourth-order valence-electron chi connectivity index (χ4n) is 3.32. The predicted molar refractivity (Wildman–Crippen MR) is 79.6 cm³/mol. The summed E-state index contributed by atoms with van der Waals surface area (Å²) in [4.78, 5) is 25.8. The van der Waals surface area contributed by atoms with Crippen LogP contribution < -0.4 is 5.32 Å². The lowest BCUT2D eigenvalue weighted by Crippen LogP contribution is -2.40. The number of fused-ring (bicyclic) bond motifs is 2. The minimum Gasteiger partial charge on any atom is -0.387 e. The molecule has 1 spiro atoms. The van der Waals surface area contributed by atoms with E-state index in [-0.39, 0.29) is 24.4 Å². The third-order valence-corrected chi connectivity index (χ3v) is 5.05. The first kappa shape index (κ1) is 14.6. The topological polar surface area (TPSA) is 69.6 Å². The molecule has 0 aliphatic carbocycles. The zero-order valence-electron chi connectivity index (χ0n) is 11.3. The number of anilines is 1. The van der Waals surface area contributed by atoms with Crippen molar-refractivity contribution in [3.05, 3.63) is 27.7 Å². The van der Waals surface area contributed by atoms with Crippen molar-refractivity contribution in [2.45, 2.75) is 24.8 Å². The van der Waals surface area contributed by atoms with Gasteiger partial charge in [-0.25, -0.2) is 0 Å². The van der Waals surface area contributed by atoms with Gasteiger partial charge in [0.2, 0.25) is 11.8 Å². The van der Waals surface area contributed by atoms with E-state index < -0.39 is 12.0 Å². The van der Waals surface area contributed by atoms with Gasteiger partial charge in [0.1, 0.15) is 6.61 Å². The number of nitrogens with zero attached hydrogens (tertiary/aromatic N) is 1. The van der Waals surface area contributed by atoms with Gasteiger partial charge in [-0.05, 0) is 31.0 Å². The van der Waals surface area contributed by atoms with Crippen LogP contribution in [0, 0.1) is 0 Å². The monoisotopic (exact) mass is 328 g/mol. The highest BCUT2D eigenvalue weighted by Crippen LogP contribution is 2.48. The zero-order chi connectivity index (χ0) is 15.4. The van der Waals surface area contributed by atoms with E-state index in [1.165, 1.54) is 4.90 Å². The lowest BCUT2D eigenvalue weighted by Gasteiger charge is -2.23. The van der Waals surface area contributed by atoms with Crippen molar-refractivity contribution in [3.63, 3.8) is 0 Å². The van der Waals surface area contributed by atoms with Gasteiger partial charge in [-0.2, -0.15) is 0 Å². The van der Waals surface area contributed by atoms with Crippen molar-refractivity contribution >= 4 is 40.7 Å². The molecule has 0 bridgehead atoms. The Labute approximate surface area is 131 Å². The van der Waals surface area contributed by atoms with E-state index in [2.05, 4.69) is 5.32 Å². The zero-order valence-corrected chi connectivity index (χ0v) is 12.8. The van der Waals surface area contributed by atoms with Gasteiger partial charge in [-0.15, -0.1) is 0 Å². The Morgan fingerprint density at radius 2 is 2.14 bits per heavy atom. The highest BCUT2D eigenvalue weighted by atomic mass is 35.5. The Morgan fingerprint density at radius 3 is 2.81 bits per heavy atom. The highest BCUT2D eigenvalue weighted by molar-refractivity contribution is 6.42. The molecule has 1 saturated heterocycles. The number of aliphatic hydroxyl groups excluding tert-OH is 1. The van der Waals surface area contributed by atoms with Crippen LogP contribution in [0.25, 0.3) is 0 Å². The Kier molecular flexibility index (Phi) is 3.39. The van der Waals surface area contributed by atoms with E-state index in [4.69, 9.17) is 28.3 Å². The van der Waals surface area contributed by atoms with Crippen LogP contribution in [0.4, 0.5) is 5.69 Å². The Balaban J connectivity index is 2.07. The predicted octanol–water partition coefficient (Wildman–Crippen LogP) is 1.80. The van der Waals surface area contributed by atoms with Crippen LogP contribution in [-0.2, 0) is 15.0 Å². The minimum atomic E-state index is -0.812. The molecule has 0 unspecified atom stereocenters. The van der Waals surface area contributed by atoms with Gasteiger partial charge in [-0.3, -0.25) is 9.59 Å². The van der Waals surface area contributed by atoms with Crippen molar-refractivity contribution in [1.29, 1.82) is 0 Å². The van der Waals surface area contributed by atoms with Crippen molar-refractivity contribution in [2.75, 3.05) is 18.5 Å². The number of halogens is 2. The summed E-state index contributed by atoms with van der Waals surface area (Å²) in [5, 5.41) is 12.6. The summed E-state index contributed by atoms with van der Waals surface area (Å²) in [7, 11) is 0. The lowest BCUT2D eigenvalue weighted by atomic mass is 9.80. The first-order chi connectivity index (χ1) is 9.89. The van der Waals surface area contributed by atoms with Crippen molar-refractivity contribution in [1.82, 2.24) is 4.90 Å². The van der Waals surface area contributed by atoms with Crippen LogP contribution in [0.3, 0.4) is 0 Å². The number of carbonyl (C=O) groups is 2. The van der Waals surface area contributed by atoms with Gasteiger partial charge in [0, 0.05) is 18.3 Å². The molecule has 1 aromatic carbocycles. The fraction of sp³-hybridized carbons (Fsp3) is 0.429. The SMILES string of the molecule is C[C@@H]1C[C@]2(CN1C(=O)CO)C(=O)Nc1cc(Cl)c(Cl)cc12. The first-order valence-corrected chi connectivity index (χ1v) is 7.36. The summed E-state index contributed by atoms with van der Waals surface area (Å²) >= 11 is 12.1. The molecule has 112 valence electrons. The number of amides is 2. The van der Waals surface area contributed by atoms with Gasteiger partial charge < -0.3 is 15.3 Å². The van der Waals surface area contributed by atoms with E-state index in [0.717, 1.165) is 5.56 Å². The second kappa shape index (κ2) is 4.87. The molecule has 1 aromatic rings. The second-order valence-electron chi connectivity index (χ2n) is 5.58. The van der Waals surface area contributed by atoms with E-state index in [1.807, 2.05) is 6.92 Å². The van der Waals surface area contributed by atoms with Gasteiger partial charge in [0.15, 0.2) is 0 Å². The van der Waals surface area contributed by atoms with Crippen LogP contribution in [-0.4, -0.2) is 41.0 Å². The standard InChI is InChI=1S/C14H14Cl2N2O3/c1-7-4-14(6-18(7)12(20)5-19)8-2-9(15)10(16)3-11(8)17-13(14)21/h2-3,7,19H,4-6H2,1H3,(H,17,21)/t7-,14-/m1/s1. The van der Waals surface area contributed by atoms with E-state index in [0.29, 0.717) is 22.2 Å². The van der Waals surface area contributed by atoms with Crippen LogP contribution >= 0.6 is 23.2 Å². The molecule has 7 heteroatoms.